The molecule has 0 spiro atoms. The van der Waals surface area contributed by atoms with E-state index in [2.05, 4.69) is 9.97 Å². The number of carboxylic acids is 1. The van der Waals surface area contributed by atoms with Crippen LogP contribution in [-0.4, -0.2) is 34.1 Å². The van der Waals surface area contributed by atoms with E-state index >= 15 is 0 Å². The predicted molar refractivity (Wildman–Crippen MR) is 47.5 cm³/mol. The molecule has 0 saturated carbocycles. The van der Waals surface area contributed by atoms with Crippen molar-refractivity contribution >= 4 is 11.9 Å². The molecule has 0 fully saturated rings. The first kappa shape index (κ1) is 10.4. The molecule has 14 heavy (non-hydrogen) atoms. The highest BCUT2D eigenvalue weighted by Gasteiger charge is 2.18. The number of hydrogen-bond acceptors (Lipinski definition) is 4. The van der Waals surface area contributed by atoms with Gasteiger partial charge in [-0.3, -0.25) is 0 Å². The predicted octanol–water partition coefficient (Wildman–Crippen LogP) is 0.525. The van der Waals surface area contributed by atoms with Crippen molar-refractivity contribution in [1.82, 2.24) is 9.97 Å². The van der Waals surface area contributed by atoms with Gasteiger partial charge in [-0.1, -0.05) is 0 Å². The zero-order valence-electron chi connectivity index (χ0n) is 7.81. The van der Waals surface area contributed by atoms with Crippen LogP contribution in [0.1, 0.15) is 6.92 Å². The smallest absolute Gasteiger partial charge is 0.326 e. The van der Waals surface area contributed by atoms with Gasteiger partial charge in [-0.05, 0) is 6.92 Å². The summed E-state index contributed by atoms with van der Waals surface area (Å²) in [6.45, 7) is 1.50. The van der Waals surface area contributed by atoms with Crippen LogP contribution in [0.15, 0.2) is 12.4 Å². The summed E-state index contributed by atoms with van der Waals surface area (Å²) in [6.07, 6.45) is 1.99. The molecule has 0 bridgehead atoms. The summed E-state index contributed by atoms with van der Waals surface area (Å²) >= 11 is 0. The van der Waals surface area contributed by atoms with Crippen molar-refractivity contribution in [3.8, 4) is 0 Å². The number of rotatable bonds is 3. The second kappa shape index (κ2) is 3.99. The minimum atomic E-state index is -0.986. The van der Waals surface area contributed by atoms with Crippen molar-refractivity contribution in [3.63, 3.8) is 0 Å². The molecule has 0 aliphatic heterocycles. The number of nitrogens with zero attached hydrogens (tertiary/aromatic N) is 3. The van der Waals surface area contributed by atoms with Crippen LogP contribution in [0.3, 0.4) is 0 Å². The molecule has 0 aromatic carbocycles. The molecule has 0 radical (unpaired) electrons. The molecule has 0 aliphatic rings. The van der Waals surface area contributed by atoms with Gasteiger partial charge in [0.25, 0.3) is 0 Å². The SMILES string of the molecule is CC(C(=O)O)N(C)c1ncc(F)cn1. The third-order valence-corrected chi connectivity index (χ3v) is 1.86. The average Bonchev–Trinajstić information content (AvgIpc) is 2.16. The van der Waals surface area contributed by atoms with Crippen molar-refractivity contribution in [2.75, 3.05) is 11.9 Å². The van der Waals surface area contributed by atoms with Gasteiger partial charge in [0.15, 0.2) is 5.82 Å². The van der Waals surface area contributed by atoms with E-state index in [-0.39, 0.29) is 5.95 Å². The molecular formula is C8H10FN3O2. The number of likely N-dealkylation sites (N-methyl/N-ethyl adjacent to an activating group) is 1. The summed E-state index contributed by atoms with van der Waals surface area (Å²) in [4.78, 5) is 19.3. The van der Waals surface area contributed by atoms with Crippen LogP contribution in [-0.2, 0) is 4.79 Å². The monoisotopic (exact) mass is 199 g/mol. The van der Waals surface area contributed by atoms with E-state index in [1.54, 1.807) is 0 Å². The number of halogens is 1. The number of anilines is 1. The fraction of sp³-hybridized carbons (Fsp3) is 0.375. The van der Waals surface area contributed by atoms with Gasteiger partial charge < -0.3 is 10.0 Å². The normalized spacial score (nSPS) is 12.2. The number of carbonyl (C=O) groups is 1. The van der Waals surface area contributed by atoms with E-state index in [1.165, 1.54) is 18.9 Å². The highest BCUT2D eigenvalue weighted by atomic mass is 19.1. The Hall–Kier alpha value is -1.72. The maximum Gasteiger partial charge on any atom is 0.326 e. The van der Waals surface area contributed by atoms with Gasteiger partial charge in [-0.15, -0.1) is 0 Å². The van der Waals surface area contributed by atoms with Crippen molar-refractivity contribution in [1.29, 1.82) is 0 Å². The van der Waals surface area contributed by atoms with Crippen molar-refractivity contribution in [2.45, 2.75) is 13.0 Å². The summed E-state index contributed by atoms with van der Waals surface area (Å²) in [5.41, 5.74) is 0. The lowest BCUT2D eigenvalue weighted by atomic mass is 10.3. The van der Waals surface area contributed by atoms with Gasteiger partial charge in [0.05, 0.1) is 12.4 Å². The molecule has 1 aromatic heterocycles. The van der Waals surface area contributed by atoms with E-state index in [0.29, 0.717) is 0 Å². The molecule has 1 N–H and O–H groups in total. The zero-order chi connectivity index (χ0) is 10.7. The van der Waals surface area contributed by atoms with Gasteiger partial charge in [-0.2, -0.15) is 0 Å². The lowest BCUT2D eigenvalue weighted by Gasteiger charge is -2.20. The van der Waals surface area contributed by atoms with Gasteiger partial charge in [0.2, 0.25) is 5.95 Å². The van der Waals surface area contributed by atoms with Gasteiger partial charge in [-0.25, -0.2) is 19.2 Å². The number of aromatic nitrogens is 2. The van der Waals surface area contributed by atoms with Crippen molar-refractivity contribution in [2.24, 2.45) is 0 Å². The maximum absolute atomic E-state index is 12.4. The Labute approximate surface area is 80.2 Å². The Morgan fingerprint density at radius 2 is 2.07 bits per heavy atom. The average molecular weight is 199 g/mol. The molecule has 1 atom stereocenters. The second-order valence-corrected chi connectivity index (χ2v) is 2.83. The first-order valence-corrected chi connectivity index (χ1v) is 3.95. The van der Waals surface area contributed by atoms with Crippen LogP contribution < -0.4 is 4.90 Å². The molecular weight excluding hydrogens is 189 g/mol. The van der Waals surface area contributed by atoms with Crippen LogP contribution >= 0.6 is 0 Å². The lowest BCUT2D eigenvalue weighted by Crippen LogP contribution is -2.36. The maximum atomic E-state index is 12.4. The molecule has 1 unspecified atom stereocenters. The van der Waals surface area contributed by atoms with Crippen molar-refractivity contribution < 1.29 is 14.3 Å². The molecule has 0 aliphatic carbocycles. The molecule has 0 amide bonds. The second-order valence-electron chi connectivity index (χ2n) is 2.83. The van der Waals surface area contributed by atoms with Crippen LogP contribution in [0.2, 0.25) is 0 Å². The molecule has 1 heterocycles. The summed E-state index contributed by atoms with van der Waals surface area (Å²) in [6, 6.07) is -0.750. The Balaban J connectivity index is 2.84. The Morgan fingerprint density at radius 3 is 2.50 bits per heavy atom. The molecule has 6 heteroatoms. The number of hydrogen-bond donors (Lipinski definition) is 1. The summed E-state index contributed by atoms with van der Waals surface area (Å²) in [5, 5.41) is 8.70. The molecule has 1 rings (SSSR count). The number of aliphatic carboxylic acids is 1. The first-order valence-electron chi connectivity index (χ1n) is 3.95. The largest absolute Gasteiger partial charge is 0.480 e. The third kappa shape index (κ3) is 2.15. The summed E-state index contributed by atoms with van der Waals surface area (Å²) in [5.74, 6) is -1.35. The zero-order valence-corrected chi connectivity index (χ0v) is 7.81. The van der Waals surface area contributed by atoms with Gasteiger partial charge in [0, 0.05) is 7.05 Å². The summed E-state index contributed by atoms with van der Waals surface area (Å²) in [7, 11) is 1.53. The van der Waals surface area contributed by atoms with Crippen LogP contribution in [0.4, 0.5) is 10.3 Å². The molecule has 1 aromatic rings. The van der Waals surface area contributed by atoms with E-state index in [9.17, 15) is 9.18 Å². The van der Waals surface area contributed by atoms with Gasteiger partial charge >= 0.3 is 5.97 Å². The summed E-state index contributed by atoms with van der Waals surface area (Å²) < 4.78 is 12.4. The van der Waals surface area contributed by atoms with E-state index in [0.717, 1.165) is 12.4 Å². The molecule has 5 nitrogen and oxygen atoms in total. The van der Waals surface area contributed by atoms with E-state index < -0.39 is 17.8 Å². The highest BCUT2D eigenvalue weighted by Crippen LogP contribution is 2.07. The fourth-order valence-corrected chi connectivity index (χ4v) is 0.826. The molecule has 0 saturated heterocycles. The van der Waals surface area contributed by atoms with Crippen molar-refractivity contribution in [3.05, 3.63) is 18.2 Å². The topological polar surface area (TPSA) is 66.3 Å². The third-order valence-electron chi connectivity index (χ3n) is 1.86. The Kier molecular flexibility index (Phi) is 2.95. The van der Waals surface area contributed by atoms with Gasteiger partial charge in [0.1, 0.15) is 6.04 Å². The number of carboxylic acid groups (broad SMARTS) is 1. The van der Waals surface area contributed by atoms with Crippen LogP contribution in [0.25, 0.3) is 0 Å². The van der Waals surface area contributed by atoms with Crippen LogP contribution in [0, 0.1) is 5.82 Å². The highest BCUT2D eigenvalue weighted by molar-refractivity contribution is 5.76. The Bertz CT molecular complexity index is 328. The quantitative estimate of drug-likeness (QED) is 0.768. The first-order chi connectivity index (χ1) is 6.52. The minimum absolute atomic E-state index is 0.182. The lowest BCUT2D eigenvalue weighted by molar-refractivity contribution is -0.138. The minimum Gasteiger partial charge on any atom is -0.480 e. The Morgan fingerprint density at radius 1 is 1.57 bits per heavy atom. The van der Waals surface area contributed by atoms with E-state index in [4.69, 9.17) is 5.11 Å². The van der Waals surface area contributed by atoms with Crippen LogP contribution in [0.5, 0.6) is 0 Å². The van der Waals surface area contributed by atoms with E-state index in [1.807, 2.05) is 0 Å². The molecule has 76 valence electrons. The fourth-order valence-electron chi connectivity index (χ4n) is 0.826. The standard InChI is InChI=1S/C8H10FN3O2/c1-5(7(13)14)12(2)8-10-3-6(9)4-11-8/h3-5H,1-2H3,(H,13,14).